The molecule has 11 heteroatoms. The van der Waals surface area contributed by atoms with Crippen LogP contribution in [0, 0.1) is 94.5 Å². The number of aryl methyl sites for hydroxylation is 1. The predicted octanol–water partition coefficient (Wildman–Crippen LogP) is 9.37. The van der Waals surface area contributed by atoms with Crippen molar-refractivity contribution in [3.63, 3.8) is 0 Å². The van der Waals surface area contributed by atoms with E-state index in [0.717, 1.165) is 15.6 Å². The number of benzene rings is 2. The van der Waals surface area contributed by atoms with E-state index in [1.54, 1.807) is 35.6 Å². The SMILES string of the molecule is C.CC.CC.CC.CC.CC.CC.CC(=O)NNC(=O)c1[c-]cccc1.Cc1nnc(-c2[c-]cccc2)s1.[Ar].[Ar].[V].[V]. The summed E-state index contributed by atoms with van der Waals surface area (Å²) in [7, 11) is 0. The summed E-state index contributed by atoms with van der Waals surface area (Å²) in [6.07, 6.45) is 0. The molecule has 0 aliphatic rings. The molecule has 0 aliphatic heterocycles. The van der Waals surface area contributed by atoms with E-state index in [4.69, 9.17) is 0 Å². The Morgan fingerprint density at radius 1 is 0.690 bits per heavy atom. The first kappa shape index (κ1) is 69.4. The number of carbonyl (C=O) groups excluding carboxylic acids is 2. The van der Waals surface area contributed by atoms with E-state index in [9.17, 15) is 9.59 Å². The summed E-state index contributed by atoms with van der Waals surface area (Å²) < 4.78 is 0. The van der Waals surface area contributed by atoms with E-state index in [1.165, 1.54) is 6.92 Å². The van der Waals surface area contributed by atoms with Crippen molar-refractivity contribution >= 4 is 23.2 Å². The Morgan fingerprint density at radius 3 is 1.43 bits per heavy atom. The molecule has 1 heterocycles. The minimum Gasteiger partial charge on any atom is -0.326 e. The van der Waals surface area contributed by atoms with Gasteiger partial charge in [-0.2, -0.15) is 10.2 Å². The second-order valence-corrected chi connectivity index (χ2v) is 6.00. The van der Waals surface area contributed by atoms with Crippen molar-refractivity contribution < 1.29 is 122 Å². The van der Waals surface area contributed by atoms with Gasteiger partial charge in [0.15, 0.2) is 5.91 Å². The molecule has 6 nitrogen and oxygen atoms in total. The maximum Gasteiger partial charge on any atom is 0.234 e. The van der Waals surface area contributed by atoms with Crippen LogP contribution in [0.1, 0.15) is 113 Å². The molecule has 246 valence electrons. The van der Waals surface area contributed by atoms with Crippen LogP contribution in [-0.2, 0) is 41.9 Å². The number of hydrazine groups is 1. The molecule has 2 amide bonds. The van der Waals surface area contributed by atoms with Gasteiger partial charge in [-0.05, 0) is 6.92 Å². The number of amides is 2. The Balaban J connectivity index is -0.0000000413. The summed E-state index contributed by atoms with van der Waals surface area (Å²) in [5.74, 6) is -0.694. The average Bonchev–Trinajstić information content (AvgIpc) is 3.45. The van der Waals surface area contributed by atoms with Gasteiger partial charge >= 0.3 is 0 Å². The van der Waals surface area contributed by atoms with Gasteiger partial charge in [0.1, 0.15) is 5.01 Å². The quantitative estimate of drug-likeness (QED) is 0.203. The summed E-state index contributed by atoms with van der Waals surface area (Å²) in [6.45, 7) is 27.3. The molecule has 0 atom stereocenters. The maximum atomic E-state index is 11.2. The van der Waals surface area contributed by atoms with Gasteiger partial charge in [0.25, 0.3) is 0 Å². The fraction of sp³-hybridized carbons (Fsp3) is 0.484. The number of rotatable bonds is 2. The zero-order valence-corrected chi connectivity index (χ0v) is 32.4. The summed E-state index contributed by atoms with van der Waals surface area (Å²) in [5, 5.41) is 9.89. The normalized spacial score (nSPS) is 6.52. The molecule has 2 N–H and O–H groups in total. The Labute approximate surface area is 347 Å². The van der Waals surface area contributed by atoms with Gasteiger partial charge < -0.3 is 10.2 Å². The van der Waals surface area contributed by atoms with Crippen molar-refractivity contribution in [2.24, 2.45) is 0 Å². The van der Waals surface area contributed by atoms with Crippen molar-refractivity contribution in [2.75, 3.05) is 0 Å². The fourth-order valence-electron chi connectivity index (χ4n) is 1.68. The van der Waals surface area contributed by atoms with E-state index in [-0.39, 0.29) is 132 Å². The van der Waals surface area contributed by atoms with Crippen LogP contribution in [0.5, 0.6) is 0 Å². The number of nitrogens with zero attached hydrogens (tertiary/aromatic N) is 2. The molecule has 0 saturated carbocycles. The topological polar surface area (TPSA) is 84.0 Å². The number of aromatic nitrogens is 2. The summed E-state index contributed by atoms with van der Waals surface area (Å²) in [4.78, 5) is 21.6. The third kappa shape index (κ3) is 42.8. The summed E-state index contributed by atoms with van der Waals surface area (Å²) >= 11 is 1.59. The summed E-state index contributed by atoms with van der Waals surface area (Å²) in [6, 6.07) is 20.3. The van der Waals surface area contributed by atoms with E-state index < -0.39 is 0 Å². The molecule has 3 aromatic rings. The largest absolute Gasteiger partial charge is 0.326 e. The van der Waals surface area contributed by atoms with Gasteiger partial charge in [0.2, 0.25) is 5.91 Å². The van der Waals surface area contributed by atoms with E-state index in [2.05, 4.69) is 33.2 Å². The molecule has 3 rings (SSSR count). The van der Waals surface area contributed by atoms with Crippen LogP contribution in [0.3, 0.4) is 0 Å². The fourth-order valence-corrected chi connectivity index (χ4v) is 2.36. The molecule has 0 bridgehead atoms. The van der Waals surface area contributed by atoms with Gasteiger partial charge in [-0.1, -0.05) is 96.1 Å². The van der Waals surface area contributed by atoms with Crippen LogP contribution in [0.2, 0.25) is 0 Å². The van der Waals surface area contributed by atoms with Crippen molar-refractivity contribution in [3.05, 3.63) is 71.2 Å². The number of nitrogens with one attached hydrogen (secondary N) is 2. The first-order valence-electron chi connectivity index (χ1n) is 13.4. The van der Waals surface area contributed by atoms with Crippen LogP contribution >= 0.6 is 11.3 Å². The Kier molecular flexibility index (Phi) is 100. The zero-order chi connectivity index (χ0) is 30.1. The minimum atomic E-state index is -0.379. The van der Waals surface area contributed by atoms with E-state index >= 15 is 0 Å². The molecule has 2 radical (unpaired) electrons. The maximum absolute atomic E-state index is 11.2. The molecule has 0 saturated heterocycles. The molecule has 0 spiro atoms. The minimum absolute atomic E-state index is 0. The Morgan fingerprint density at radius 2 is 1.12 bits per heavy atom. The zero-order valence-electron chi connectivity index (χ0n) is 27.3. The monoisotopic (exact) mass is 730 g/mol. The molecule has 0 unspecified atom stereocenters. The van der Waals surface area contributed by atoms with Crippen LogP contribution in [0.15, 0.2) is 48.5 Å². The Hall–Kier alpha value is 0.628. The molecule has 0 aliphatic carbocycles. The third-order valence-electron chi connectivity index (χ3n) is 2.77. The van der Waals surface area contributed by atoms with Crippen molar-refractivity contribution in [3.8, 4) is 10.6 Å². The summed E-state index contributed by atoms with van der Waals surface area (Å²) in [5.41, 5.74) is 5.82. The van der Waals surface area contributed by atoms with Gasteiger partial charge in [-0.3, -0.25) is 10.2 Å². The standard InChI is InChI=1S/C9H9N2O2.C9H7N2S.6C2H6.CH4.2Ar.2V/c1-7(12)10-11-9(13)8-5-3-2-4-6-8;1-7-10-11-9(12-7)8-5-3-2-4-6-8;6*1-2;;;;;/h2-5H,1H3,(H,10,12)(H,11,13);2-5H,1H3;6*1-2H3;1H4;;;;/q2*-1;;;;;;;;;;;. The molecular weight excluding hydrogens is 674 g/mol. The number of hydrogen-bond acceptors (Lipinski definition) is 5. The third-order valence-corrected chi connectivity index (χ3v) is 3.64. The van der Waals surface area contributed by atoms with Crippen LogP contribution in [0.25, 0.3) is 10.6 Å². The van der Waals surface area contributed by atoms with Gasteiger partial charge in [0.05, 0.1) is 5.01 Å². The van der Waals surface area contributed by atoms with Gasteiger partial charge in [-0.15, -0.1) is 77.6 Å². The van der Waals surface area contributed by atoms with Gasteiger partial charge in [-0.25, -0.2) is 0 Å². The van der Waals surface area contributed by atoms with Crippen LogP contribution < -0.4 is 10.9 Å². The predicted molar refractivity (Wildman–Crippen MR) is 170 cm³/mol. The smallest absolute Gasteiger partial charge is 0.234 e. The molecule has 2 aromatic carbocycles. The molecular formula is C31H56Ar2N4O2SV2-2. The van der Waals surface area contributed by atoms with Crippen molar-refractivity contribution in [1.82, 2.24) is 21.0 Å². The number of hydrogen-bond donors (Lipinski definition) is 2. The van der Waals surface area contributed by atoms with Crippen molar-refractivity contribution in [1.29, 1.82) is 0 Å². The van der Waals surface area contributed by atoms with Crippen LogP contribution in [0.4, 0.5) is 0 Å². The second-order valence-electron chi connectivity index (χ2n) is 4.81. The molecule has 42 heavy (non-hydrogen) atoms. The van der Waals surface area contributed by atoms with Crippen molar-refractivity contribution in [2.45, 2.75) is 104 Å². The van der Waals surface area contributed by atoms with E-state index in [1.807, 2.05) is 114 Å². The van der Waals surface area contributed by atoms with E-state index in [0.29, 0.717) is 5.56 Å². The average molecular weight is 731 g/mol. The number of carbonyl (C=O) groups is 2. The first-order chi connectivity index (χ1) is 18.1. The second kappa shape index (κ2) is 60.8. The first-order valence-corrected chi connectivity index (χ1v) is 14.2. The molecule has 0 fully saturated rings. The van der Waals surface area contributed by atoms with Gasteiger partial charge in [0, 0.05) is 120 Å². The molecule has 1 aromatic heterocycles. The van der Waals surface area contributed by atoms with Crippen LogP contribution in [-0.4, -0.2) is 22.0 Å². The Bertz CT molecular complexity index is 847.